The molecule has 0 radical (unpaired) electrons. The van der Waals surface area contributed by atoms with Crippen LogP contribution in [0.4, 0.5) is 11.6 Å². The average Bonchev–Trinajstić information content (AvgIpc) is 3.20. The van der Waals surface area contributed by atoms with E-state index in [1.165, 1.54) is 23.9 Å². The number of thioether (sulfide) groups is 1. The van der Waals surface area contributed by atoms with Crippen molar-refractivity contribution in [2.45, 2.75) is 5.16 Å². The van der Waals surface area contributed by atoms with Gasteiger partial charge in [-0.05, 0) is 24.3 Å². The molecule has 31 heavy (non-hydrogen) atoms. The number of benzene rings is 2. The molecule has 11 heteroatoms. The summed E-state index contributed by atoms with van der Waals surface area (Å²) in [7, 11) is 0. The second kappa shape index (κ2) is 10.1. The van der Waals surface area contributed by atoms with E-state index in [2.05, 4.69) is 20.4 Å². The zero-order valence-corrected chi connectivity index (χ0v) is 19.3. The zero-order chi connectivity index (χ0) is 21.8. The Morgan fingerprint density at radius 3 is 2.42 bits per heavy atom. The molecular weight excluding hydrogens is 481 g/mol. The van der Waals surface area contributed by atoms with Gasteiger partial charge in [-0.2, -0.15) is 0 Å². The molecule has 7 nitrogen and oxygen atoms in total. The van der Waals surface area contributed by atoms with E-state index in [4.69, 9.17) is 39.5 Å². The fraction of sp³-hybridized carbons (Fsp3) is 0.250. The summed E-state index contributed by atoms with van der Waals surface area (Å²) in [5.41, 5.74) is 1.25. The Labute approximate surface area is 198 Å². The summed E-state index contributed by atoms with van der Waals surface area (Å²) in [6, 6.07) is 12.8. The first-order valence-corrected chi connectivity index (χ1v) is 11.6. The van der Waals surface area contributed by atoms with Crippen molar-refractivity contribution >= 4 is 64.1 Å². The van der Waals surface area contributed by atoms with Gasteiger partial charge in [0.25, 0.3) is 0 Å². The van der Waals surface area contributed by atoms with Gasteiger partial charge in [-0.1, -0.05) is 64.8 Å². The molecule has 4 rings (SSSR count). The lowest BCUT2D eigenvalue weighted by atomic mass is 10.3. The molecular formula is C20H18Cl3N5O2S. The highest BCUT2D eigenvalue weighted by atomic mass is 35.5. The highest BCUT2D eigenvalue weighted by molar-refractivity contribution is 7.99. The van der Waals surface area contributed by atoms with E-state index < -0.39 is 0 Å². The van der Waals surface area contributed by atoms with Gasteiger partial charge in [0.15, 0.2) is 5.16 Å². The van der Waals surface area contributed by atoms with Crippen molar-refractivity contribution in [3.63, 3.8) is 0 Å². The maximum Gasteiger partial charge on any atom is 0.234 e. The summed E-state index contributed by atoms with van der Waals surface area (Å²) in [5.74, 6) is 0.552. The monoisotopic (exact) mass is 497 g/mol. The number of hydrogen-bond donors (Lipinski definition) is 1. The molecule has 1 amide bonds. The van der Waals surface area contributed by atoms with Crippen molar-refractivity contribution in [1.29, 1.82) is 0 Å². The number of morpholine rings is 1. The van der Waals surface area contributed by atoms with Gasteiger partial charge < -0.3 is 15.0 Å². The number of carbonyl (C=O) groups excluding carboxylic acids is 1. The minimum absolute atomic E-state index is 0.101. The van der Waals surface area contributed by atoms with Crippen LogP contribution in [0.3, 0.4) is 0 Å². The lowest BCUT2D eigenvalue weighted by molar-refractivity contribution is -0.113. The lowest BCUT2D eigenvalue weighted by Gasteiger charge is -2.27. The average molecular weight is 499 g/mol. The van der Waals surface area contributed by atoms with Crippen LogP contribution in [-0.4, -0.2) is 52.7 Å². The molecule has 0 aliphatic carbocycles. The summed E-state index contributed by atoms with van der Waals surface area (Å²) >= 11 is 19.5. The van der Waals surface area contributed by atoms with Crippen molar-refractivity contribution in [3.05, 3.63) is 57.5 Å². The molecule has 1 fully saturated rings. The molecule has 0 saturated carbocycles. The number of nitrogens with one attached hydrogen (secondary N) is 1. The van der Waals surface area contributed by atoms with Crippen LogP contribution in [0.15, 0.2) is 47.6 Å². The number of hydrogen-bond acceptors (Lipinski definition) is 6. The van der Waals surface area contributed by atoms with Crippen LogP contribution in [-0.2, 0) is 9.53 Å². The van der Waals surface area contributed by atoms with Crippen molar-refractivity contribution < 1.29 is 9.53 Å². The third kappa shape index (κ3) is 5.27. The van der Waals surface area contributed by atoms with Crippen LogP contribution in [0.5, 0.6) is 0 Å². The van der Waals surface area contributed by atoms with Gasteiger partial charge in [-0.15, -0.1) is 10.2 Å². The van der Waals surface area contributed by atoms with Crippen molar-refractivity contribution in [2.75, 3.05) is 42.3 Å². The summed E-state index contributed by atoms with van der Waals surface area (Å²) in [6.45, 7) is 2.72. The topological polar surface area (TPSA) is 72.3 Å². The highest BCUT2D eigenvalue weighted by Gasteiger charge is 2.22. The normalized spacial score (nSPS) is 14.0. The molecule has 0 unspecified atom stereocenters. The van der Waals surface area contributed by atoms with E-state index in [1.807, 2.05) is 34.9 Å². The van der Waals surface area contributed by atoms with Gasteiger partial charge >= 0.3 is 0 Å². The predicted octanol–water partition coefficient (Wildman–Crippen LogP) is 4.79. The minimum atomic E-state index is -0.272. The van der Waals surface area contributed by atoms with Crippen molar-refractivity contribution in [1.82, 2.24) is 14.8 Å². The van der Waals surface area contributed by atoms with E-state index in [1.54, 1.807) is 0 Å². The number of ether oxygens (including phenoxy) is 1. The fourth-order valence-corrected chi connectivity index (χ4v) is 4.75. The van der Waals surface area contributed by atoms with Gasteiger partial charge in [0.1, 0.15) is 0 Å². The minimum Gasteiger partial charge on any atom is -0.378 e. The molecule has 1 saturated heterocycles. The largest absolute Gasteiger partial charge is 0.378 e. The highest BCUT2D eigenvalue weighted by Crippen LogP contribution is 2.34. The van der Waals surface area contributed by atoms with Gasteiger partial charge in [-0.3, -0.25) is 9.36 Å². The molecule has 2 heterocycles. The van der Waals surface area contributed by atoms with E-state index >= 15 is 0 Å². The number of amides is 1. The Morgan fingerprint density at radius 2 is 1.74 bits per heavy atom. The molecule has 1 aromatic heterocycles. The molecule has 3 aromatic rings. The summed E-state index contributed by atoms with van der Waals surface area (Å²) in [4.78, 5) is 14.7. The van der Waals surface area contributed by atoms with Gasteiger partial charge in [0.05, 0.1) is 40.4 Å². The summed E-state index contributed by atoms with van der Waals surface area (Å²) in [5, 5.41) is 13.0. The molecule has 162 valence electrons. The Hall–Kier alpha value is -1.97. The first-order chi connectivity index (χ1) is 15.0. The number of para-hydroxylation sites is 1. The molecule has 2 aromatic carbocycles. The quantitative estimate of drug-likeness (QED) is 0.493. The van der Waals surface area contributed by atoms with E-state index in [-0.39, 0.29) is 21.7 Å². The van der Waals surface area contributed by atoms with Crippen molar-refractivity contribution in [3.8, 4) is 5.69 Å². The standard InChI is InChI=1S/C20H18Cl3N5O2S/c21-13-10-15(22)18(16(23)11-13)24-17(29)12-31-20-26-25-19(27-6-8-30-9-7-27)28(20)14-4-2-1-3-5-14/h1-5,10-11H,6-9,12H2,(H,24,29). The maximum absolute atomic E-state index is 12.6. The molecule has 1 N–H and O–H groups in total. The van der Waals surface area contributed by atoms with Crippen LogP contribution in [0, 0.1) is 0 Å². The molecule has 1 aliphatic heterocycles. The SMILES string of the molecule is O=C(CSc1nnc(N2CCOCC2)n1-c1ccccc1)Nc1c(Cl)cc(Cl)cc1Cl. The number of aromatic nitrogens is 3. The van der Waals surface area contributed by atoms with Crippen LogP contribution < -0.4 is 10.2 Å². The summed E-state index contributed by atoms with van der Waals surface area (Å²) in [6.07, 6.45) is 0. The van der Waals surface area contributed by atoms with Crippen LogP contribution in [0.2, 0.25) is 15.1 Å². The summed E-state index contributed by atoms with van der Waals surface area (Å²) < 4.78 is 7.40. The third-order valence-corrected chi connectivity index (χ3v) is 6.27. The third-order valence-electron chi connectivity index (χ3n) is 4.53. The van der Waals surface area contributed by atoms with Crippen LogP contribution in [0.1, 0.15) is 0 Å². The fourth-order valence-electron chi connectivity index (χ4n) is 3.09. The van der Waals surface area contributed by atoms with Gasteiger partial charge in [0, 0.05) is 18.1 Å². The van der Waals surface area contributed by atoms with E-state index in [0.29, 0.717) is 29.1 Å². The van der Waals surface area contributed by atoms with E-state index in [0.717, 1.165) is 24.7 Å². The molecule has 0 atom stereocenters. The first-order valence-electron chi connectivity index (χ1n) is 9.43. The van der Waals surface area contributed by atoms with Crippen LogP contribution in [0.25, 0.3) is 5.69 Å². The smallest absolute Gasteiger partial charge is 0.234 e. The number of rotatable bonds is 6. The van der Waals surface area contributed by atoms with Gasteiger partial charge in [0.2, 0.25) is 11.9 Å². The lowest BCUT2D eigenvalue weighted by Crippen LogP contribution is -2.37. The molecule has 0 spiro atoms. The Balaban J connectivity index is 1.53. The first kappa shape index (κ1) is 22.2. The van der Waals surface area contributed by atoms with Gasteiger partial charge in [-0.25, -0.2) is 0 Å². The Morgan fingerprint density at radius 1 is 1.06 bits per heavy atom. The van der Waals surface area contributed by atoms with E-state index in [9.17, 15) is 4.79 Å². The number of carbonyl (C=O) groups is 1. The molecule has 0 bridgehead atoms. The van der Waals surface area contributed by atoms with Crippen LogP contribution >= 0.6 is 46.6 Å². The Kier molecular flexibility index (Phi) is 7.24. The number of nitrogens with zero attached hydrogens (tertiary/aromatic N) is 4. The molecule has 1 aliphatic rings. The number of halogens is 3. The Bertz CT molecular complexity index is 1050. The second-order valence-corrected chi connectivity index (χ2v) is 8.83. The second-order valence-electron chi connectivity index (χ2n) is 6.63. The van der Waals surface area contributed by atoms with Crippen molar-refractivity contribution in [2.24, 2.45) is 0 Å². The number of anilines is 2. The zero-order valence-electron chi connectivity index (χ0n) is 16.2. The maximum atomic E-state index is 12.6. The predicted molar refractivity (Wildman–Crippen MR) is 125 cm³/mol.